The summed E-state index contributed by atoms with van der Waals surface area (Å²) in [6.07, 6.45) is 5.36. The third kappa shape index (κ3) is 2.17. The van der Waals surface area contributed by atoms with Crippen LogP contribution in [-0.2, 0) is 4.79 Å². The molecule has 1 aliphatic rings. The molecule has 0 bridgehead atoms. The number of carbonyl (C=O) groups is 1. The minimum atomic E-state index is -0.134. The summed E-state index contributed by atoms with van der Waals surface area (Å²) in [4.78, 5) is 16.9. The number of pyridine rings is 1. The van der Waals surface area contributed by atoms with E-state index in [0.29, 0.717) is 6.54 Å². The molecule has 0 N–H and O–H groups in total. The number of amides is 1. The smallest absolute Gasteiger partial charge is 0.253 e. The highest BCUT2D eigenvalue weighted by Crippen LogP contribution is 2.39. The maximum Gasteiger partial charge on any atom is 0.253 e. The van der Waals surface area contributed by atoms with Gasteiger partial charge in [0.1, 0.15) is 0 Å². The summed E-state index contributed by atoms with van der Waals surface area (Å²) in [5.74, 6) is -0.0510. The fourth-order valence-corrected chi connectivity index (χ4v) is 2.90. The number of anilines is 2. The Morgan fingerprint density at radius 1 is 1.36 bits per heavy atom. The van der Waals surface area contributed by atoms with Crippen LogP contribution in [0.1, 0.15) is 24.0 Å². The second-order valence-electron chi connectivity index (χ2n) is 5.46. The fourth-order valence-electron chi connectivity index (χ4n) is 2.90. The van der Waals surface area contributed by atoms with Crippen LogP contribution in [-0.4, -0.2) is 17.4 Å². The lowest BCUT2D eigenvalue weighted by Crippen LogP contribution is -2.46. The van der Waals surface area contributed by atoms with Crippen molar-refractivity contribution in [2.75, 3.05) is 16.6 Å². The summed E-state index contributed by atoms with van der Waals surface area (Å²) >= 11 is 0. The lowest BCUT2D eigenvalue weighted by Gasteiger charge is -2.34. The number of benzene rings is 1. The number of fused-ring (bicyclic) bond motifs is 1. The number of para-hydroxylation sites is 1. The number of aromatic nitrogens is 1. The third-order valence-corrected chi connectivity index (χ3v) is 4.02. The first-order valence-corrected chi connectivity index (χ1v) is 7.37. The highest BCUT2D eigenvalue weighted by atomic mass is 16.2. The van der Waals surface area contributed by atoms with Gasteiger partial charge >= 0.3 is 0 Å². The number of hydrazine groups is 1. The Hall–Kier alpha value is -2.62. The molecule has 3 rings (SSSR count). The molecule has 2 heterocycles. The first-order valence-electron chi connectivity index (χ1n) is 7.37. The van der Waals surface area contributed by atoms with Crippen LogP contribution in [0.4, 0.5) is 11.4 Å². The zero-order valence-electron chi connectivity index (χ0n) is 12.9. The topological polar surface area (TPSA) is 36.4 Å². The van der Waals surface area contributed by atoms with Gasteiger partial charge in [0.2, 0.25) is 0 Å². The highest BCUT2D eigenvalue weighted by Gasteiger charge is 2.37. The van der Waals surface area contributed by atoms with E-state index >= 15 is 0 Å². The van der Waals surface area contributed by atoms with Gasteiger partial charge in [0.25, 0.3) is 5.91 Å². The number of rotatable bonds is 4. The van der Waals surface area contributed by atoms with Gasteiger partial charge in [0, 0.05) is 12.4 Å². The second kappa shape index (κ2) is 5.64. The van der Waals surface area contributed by atoms with Crippen molar-refractivity contribution in [1.82, 2.24) is 4.98 Å². The maximum atomic E-state index is 12.8. The van der Waals surface area contributed by atoms with Crippen LogP contribution >= 0.6 is 0 Å². The lowest BCUT2D eigenvalue weighted by molar-refractivity contribution is -0.119. The van der Waals surface area contributed by atoms with Crippen LogP contribution < -0.4 is 10.0 Å². The van der Waals surface area contributed by atoms with E-state index in [9.17, 15) is 4.79 Å². The molecule has 1 amide bonds. The summed E-state index contributed by atoms with van der Waals surface area (Å²) in [7, 11) is 0. The summed E-state index contributed by atoms with van der Waals surface area (Å²) in [5.41, 5.74) is 3.99. The Balaban J connectivity index is 2.12. The molecule has 22 heavy (non-hydrogen) atoms. The SMILES string of the molecule is C=CCN(c1ccncc1C)N1C(=O)C(C)c2ccccc21. The molecule has 0 spiro atoms. The Morgan fingerprint density at radius 3 is 2.86 bits per heavy atom. The predicted molar refractivity (Wildman–Crippen MR) is 88.9 cm³/mol. The van der Waals surface area contributed by atoms with E-state index in [-0.39, 0.29) is 11.8 Å². The van der Waals surface area contributed by atoms with Crippen LogP contribution in [0.25, 0.3) is 0 Å². The monoisotopic (exact) mass is 293 g/mol. The standard InChI is InChI=1S/C18H19N3O/c1-4-11-20(16-9-10-19-12-13(16)2)21-17-8-6-5-7-15(17)14(3)18(21)22/h4-10,12,14H,1,11H2,2-3H3. The zero-order chi connectivity index (χ0) is 15.7. The normalized spacial score (nSPS) is 16.5. The summed E-state index contributed by atoms with van der Waals surface area (Å²) in [5, 5.41) is 3.73. The quantitative estimate of drug-likeness (QED) is 0.810. The van der Waals surface area contributed by atoms with Gasteiger partial charge in [-0.15, -0.1) is 6.58 Å². The van der Waals surface area contributed by atoms with Crippen LogP contribution in [0.2, 0.25) is 0 Å². The molecule has 0 aliphatic carbocycles. The molecular formula is C18H19N3O. The lowest BCUT2D eigenvalue weighted by atomic mass is 10.0. The first kappa shape index (κ1) is 14.3. The Labute approximate surface area is 130 Å². The Morgan fingerprint density at radius 2 is 2.14 bits per heavy atom. The second-order valence-corrected chi connectivity index (χ2v) is 5.46. The maximum absolute atomic E-state index is 12.8. The molecule has 2 aromatic rings. The molecule has 1 unspecified atom stereocenters. The summed E-state index contributed by atoms with van der Waals surface area (Å²) in [6.45, 7) is 8.33. The van der Waals surface area contributed by atoms with Gasteiger partial charge in [-0.2, -0.15) is 0 Å². The van der Waals surface area contributed by atoms with Gasteiger partial charge < -0.3 is 0 Å². The Kier molecular flexibility index (Phi) is 3.67. The molecule has 1 atom stereocenters. The van der Waals surface area contributed by atoms with E-state index in [4.69, 9.17) is 0 Å². The predicted octanol–water partition coefficient (Wildman–Crippen LogP) is 3.45. The summed E-state index contributed by atoms with van der Waals surface area (Å²) < 4.78 is 0. The van der Waals surface area contributed by atoms with E-state index in [1.54, 1.807) is 23.5 Å². The van der Waals surface area contributed by atoms with Gasteiger partial charge in [0.15, 0.2) is 0 Å². The largest absolute Gasteiger partial charge is 0.274 e. The molecule has 0 fully saturated rings. The van der Waals surface area contributed by atoms with Gasteiger partial charge in [-0.1, -0.05) is 24.3 Å². The van der Waals surface area contributed by atoms with Crippen molar-refractivity contribution in [3.8, 4) is 0 Å². The van der Waals surface area contributed by atoms with Gasteiger partial charge in [-0.25, -0.2) is 5.01 Å². The van der Waals surface area contributed by atoms with E-state index in [2.05, 4.69) is 11.6 Å². The molecule has 0 saturated heterocycles. The molecule has 4 nitrogen and oxygen atoms in total. The van der Waals surface area contributed by atoms with Crippen molar-refractivity contribution in [1.29, 1.82) is 0 Å². The van der Waals surface area contributed by atoms with E-state index in [1.807, 2.05) is 49.2 Å². The Bertz CT molecular complexity index is 726. The molecule has 1 aromatic carbocycles. The molecule has 4 heteroatoms. The van der Waals surface area contributed by atoms with Crippen molar-refractivity contribution >= 4 is 17.3 Å². The fraction of sp³-hybridized carbons (Fsp3) is 0.222. The molecule has 112 valence electrons. The highest BCUT2D eigenvalue weighted by molar-refractivity contribution is 6.06. The van der Waals surface area contributed by atoms with Crippen molar-refractivity contribution in [3.05, 3.63) is 66.5 Å². The van der Waals surface area contributed by atoms with Crippen molar-refractivity contribution in [2.45, 2.75) is 19.8 Å². The summed E-state index contributed by atoms with van der Waals surface area (Å²) in [6, 6.07) is 9.87. The van der Waals surface area contributed by atoms with Crippen LogP contribution in [0.5, 0.6) is 0 Å². The average Bonchev–Trinajstić information content (AvgIpc) is 2.78. The average molecular weight is 293 g/mol. The molecule has 0 radical (unpaired) electrons. The van der Waals surface area contributed by atoms with Gasteiger partial charge in [-0.05, 0) is 37.1 Å². The van der Waals surface area contributed by atoms with E-state index < -0.39 is 0 Å². The minimum absolute atomic E-state index is 0.0827. The molecular weight excluding hydrogens is 274 g/mol. The van der Waals surface area contributed by atoms with Crippen LogP contribution in [0, 0.1) is 6.92 Å². The van der Waals surface area contributed by atoms with Gasteiger partial charge in [0.05, 0.1) is 23.8 Å². The van der Waals surface area contributed by atoms with Crippen molar-refractivity contribution in [3.63, 3.8) is 0 Å². The molecule has 1 aromatic heterocycles. The number of nitrogens with zero attached hydrogens (tertiary/aromatic N) is 3. The number of hydrogen-bond donors (Lipinski definition) is 0. The molecule has 1 aliphatic heterocycles. The first-order chi connectivity index (χ1) is 10.6. The van der Waals surface area contributed by atoms with E-state index in [1.165, 1.54) is 0 Å². The number of hydrogen-bond acceptors (Lipinski definition) is 3. The number of aryl methyl sites for hydroxylation is 1. The minimum Gasteiger partial charge on any atom is -0.274 e. The molecule has 0 saturated carbocycles. The van der Waals surface area contributed by atoms with Crippen LogP contribution in [0.15, 0.2) is 55.4 Å². The van der Waals surface area contributed by atoms with Gasteiger partial charge in [-0.3, -0.25) is 14.8 Å². The van der Waals surface area contributed by atoms with Crippen molar-refractivity contribution < 1.29 is 4.79 Å². The number of carbonyl (C=O) groups excluding carboxylic acids is 1. The zero-order valence-corrected chi connectivity index (χ0v) is 12.9. The van der Waals surface area contributed by atoms with Crippen LogP contribution in [0.3, 0.4) is 0 Å². The third-order valence-electron chi connectivity index (χ3n) is 4.02. The van der Waals surface area contributed by atoms with Crippen molar-refractivity contribution in [2.24, 2.45) is 0 Å². The van der Waals surface area contributed by atoms with E-state index in [0.717, 1.165) is 22.5 Å².